The quantitative estimate of drug-likeness (QED) is 0.418. The van der Waals surface area contributed by atoms with Gasteiger partial charge in [-0.2, -0.15) is 4.98 Å². The van der Waals surface area contributed by atoms with Crippen LogP contribution >= 0.6 is 0 Å². The van der Waals surface area contributed by atoms with Crippen LogP contribution in [-0.4, -0.2) is 31.3 Å². The van der Waals surface area contributed by atoms with Crippen LogP contribution in [0.25, 0.3) is 5.78 Å². The first-order valence-electron chi connectivity index (χ1n) is 6.99. The Morgan fingerprint density at radius 2 is 1.87 bits per heavy atom. The zero-order chi connectivity index (χ0) is 16.6. The van der Waals surface area contributed by atoms with Gasteiger partial charge >= 0.3 is 5.97 Å². The number of ether oxygens (including phenoxy) is 1. The number of nitrogens with zero attached hydrogens (tertiary/aromatic N) is 4. The summed E-state index contributed by atoms with van der Waals surface area (Å²) in [7, 11) is 0. The molecule has 7 nitrogen and oxygen atoms in total. The number of ketones is 1. The van der Waals surface area contributed by atoms with E-state index in [2.05, 4.69) is 15.1 Å². The summed E-state index contributed by atoms with van der Waals surface area (Å²) in [5.41, 5.74) is 1.92. The van der Waals surface area contributed by atoms with Gasteiger partial charge in [-0.1, -0.05) is 12.1 Å². The Labute approximate surface area is 131 Å². The van der Waals surface area contributed by atoms with Crippen LogP contribution in [0.1, 0.15) is 39.3 Å². The highest BCUT2D eigenvalue weighted by molar-refractivity contribution is 5.98. The summed E-state index contributed by atoms with van der Waals surface area (Å²) >= 11 is 0. The van der Waals surface area contributed by atoms with Crippen LogP contribution in [0.5, 0.6) is 5.75 Å². The molecule has 116 valence electrons. The van der Waals surface area contributed by atoms with E-state index in [0.717, 1.165) is 11.4 Å². The second kappa shape index (κ2) is 5.60. The van der Waals surface area contributed by atoms with Crippen LogP contribution in [0.4, 0.5) is 0 Å². The number of hydrogen-bond donors (Lipinski definition) is 0. The Bertz CT molecular complexity index is 930. The van der Waals surface area contributed by atoms with Crippen LogP contribution in [0, 0.1) is 13.8 Å². The summed E-state index contributed by atoms with van der Waals surface area (Å²) in [6.07, 6.45) is 0. The monoisotopic (exact) mass is 310 g/mol. The summed E-state index contributed by atoms with van der Waals surface area (Å²) in [5, 5.41) is 4.11. The van der Waals surface area contributed by atoms with Crippen molar-refractivity contribution >= 4 is 17.5 Å². The lowest BCUT2D eigenvalue weighted by Crippen LogP contribution is -2.13. The smallest absolute Gasteiger partial charge is 0.383 e. The third-order valence-corrected chi connectivity index (χ3v) is 3.27. The third kappa shape index (κ3) is 2.80. The number of hydrogen-bond acceptors (Lipinski definition) is 6. The molecule has 0 fully saturated rings. The van der Waals surface area contributed by atoms with Gasteiger partial charge < -0.3 is 4.74 Å². The highest BCUT2D eigenvalue weighted by Crippen LogP contribution is 2.19. The topological polar surface area (TPSA) is 86.5 Å². The summed E-state index contributed by atoms with van der Waals surface area (Å²) in [6, 6.07) is 8.37. The Morgan fingerprint density at radius 3 is 2.61 bits per heavy atom. The first-order valence-corrected chi connectivity index (χ1v) is 6.99. The molecule has 3 rings (SSSR count). The molecule has 2 aromatic heterocycles. The summed E-state index contributed by atoms with van der Waals surface area (Å²) in [4.78, 5) is 32.1. The van der Waals surface area contributed by atoms with Gasteiger partial charge in [0.15, 0.2) is 5.78 Å². The minimum Gasteiger partial charge on any atom is -0.420 e. The maximum absolute atomic E-state index is 12.3. The van der Waals surface area contributed by atoms with Gasteiger partial charge in [-0.25, -0.2) is 14.3 Å². The predicted molar refractivity (Wildman–Crippen MR) is 81.7 cm³/mol. The molecule has 0 N–H and O–H groups in total. The average Bonchev–Trinajstić information content (AvgIpc) is 2.92. The molecule has 1 aromatic carbocycles. The van der Waals surface area contributed by atoms with Crippen molar-refractivity contribution in [2.24, 2.45) is 0 Å². The van der Waals surface area contributed by atoms with Gasteiger partial charge in [-0.15, -0.1) is 5.10 Å². The number of para-hydroxylation sites is 1. The lowest BCUT2D eigenvalue weighted by atomic mass is 10.1. The molecular weight excluding hydrogens is 296 g/mol. The van der Waals surface area contributed by atoms with E-state index in [1.54, 1.807) is 24.3 Å². The van der Waals surface area contributed by atoms with Crippen molar-refractivity contribution in [1.29, 1.82) is 0 Å². The molecule has 0 saturated carbocycles. The average molecular weight is 310 g/mol. The Morgan fingerprint density at radius 1 is 1.13 bits per heavy atom. The van der Waals surface area contributed by atoms with E-state index in [9.17, 15) is 9.59 Å². The standard InChI is InChI=1S/C16H14N4O3/c1-9-8-10(2)20-16(17-9)18-14(19-20)15(22)23-13-7-5-4-6-12(13)11(3)21/h4-8H,1-3H3. The number of carbonyl (C=O) groups excluding carboxylic acids is 2. The highest BCUT2D eigenvalue weighted by Gasteiger charge is 2.19. The van der Waals surface area contributed by atoms with Crippen LogP contribution in [0.15, 0.2) is 30.3 Å². The van der Waals surface area contributed by atoms with Gasteiger partial charge in [0.1, 0.15) is 5.75 Å². The maximum atomic E-state index is 12.3. The van der Waals surface area contributed by atoms with Crippen LogP contribution < -0.4 is 4.74 Å². The molecule has 0 aliphatic rings. The van der Waals surface area contributed by atoms with Crippen molar-refractivity contribution < 1.29 is 14.3 Å². The molecule has 0 radical (unpaired) electrons. The fraction of sp³-hybridized carbons (Fsp3) is 0.188. The molecule has 0 amide bonds. The maximum Gasteiger partial charge on any atom is 0.383 e. The van der Waals surface area contributed by atoms with Gasteiger partial charge in [-0.05, 0) is 39.0 Å². The molecule has 0 saturated heterocycles. The number of carbonyl (C=O) groups is 2. The first kappa shape index (κ1) is 14.8. The van der Waals surface area contributed by atoms with Gasteiger partial charge in [0.25, 0.3) is 11.6 Å². The predicted octanol–water partition coefficient (Wildman–Crippen LogP) is 2.16. The largest absolute Gasteiger partial charge is 0.420 e. The first-order chi connectivity index (χ1) is 11.0. The number of rotatable bonds is 3. The molecule has 0 aliphatic carbocycles. The van der Waals surface area contributed by atoms with E-state index in [1.165, 1.54) is 11.4 Å². The molecule has 23 heavy (non-hydrogen) atoms. The molecule has 3 aromatic rings. The second-order valence-electron chi connectivity index (χ2n) is 5.13. The van der Waals surface area contributed by atoms with E-state index in [4.69, 9.17) is 4.74 Å². The zero-order valence-corrected chi connectivity index (χ0v) is 12.9. The lowest BCUT2D eigenvalue weighted by Gasteiger charge is -2.05. The lowest BCUT2D eigenvalue weighted by molar-refractivity contribution is 0.0720. The molecule has 0 spiro atoms. The van der Waals surface area contributed by atoms with Crippen LogP contribution in [0.3, 0.4) is 0 Å². The Balaban J connectivity index is 1.96. The summed E-state index contributed by atoms with van der Waals surface area (Å²) in [5.74, 6) is -0.519. The minimum absolute atomic E-state index is 0.107. The van der Waals surface area contributed by atoms with Crippen molar-refractivity contribution in [3.63, 3.8) is 0 Å². The Hall–Kier alpha value is -3.09. The molecule has 0 atom stereocenters. The van der Waals surface area contributed by atoms with E-state index < -0.39 is 5.97 Å². The van der Waals surface area contributed by atoms with Crippen LogP contribution in [0.2, 0.25) is 0 Å². The fourth-order valence-corrected chi connectivity index (χ4v) is 2.24. The van der Waals surface area contributed by atoms with E-state index in [0.29, 0.717) is 11.3 Å². The summed E-state index contributed by atoms with van der Waals surface area (Å²) in [6.45, 7) is 5.09. The second-order valence-corrected chi connectivity index (χ2v) is 5.13. The minimum atomic E-state index is -0.735. The molecule has 7 heteroatoms. The van der Waals surface area contributed by atoms with E-state index in [-0.39, 0.29) is 17.4 Å². The molecule has 0 bridgehead atoms. The Kier molecular flexibility index (Phi) is 3.61. The van der Waals surface area contributed by atoms with Gasteiger partial charge in [0, 0.05) is 11.4 Å². The van der Waals surface area contributed by atoms with Gasteiger partial charge in [-0.3, -0.25) is 4.79 Å². The highest BCUT2D eigenvalue weighted by atomic mass is 16.5. The van der Waals surface area contributed by atoms with Gasteiger partial charge in [0.2, 0.25) is 0 Å². The molecule has 2 heterocycles. The number of esters is 1. The zero-order valence-electron chi connectivity index (χ0n) is 12.9. The summed E-state index contributed by atoms with van der Waals surface area (Å²) < 4.78 is 6.74. The van der Waals surface area contributed by atoms with E-state index in [1.807, 2.05) is 19.9 Å². The molecular formula is C16H14N4O3. The van der Waals surface area contributed by atoms with E-state index >= 15 is 0 Å². The number of aromatic nitrogens is 4. The SMILES string of the molecule is CC(=O)c1ccccc1OC(=O)c1nc2nc(C)cc(C)n2n1. The number of benzene rings is 1. The number of fused-ring (bicyclic) bond motifs is 1. The molecule has 0 aliphatic heterocycles. The molecule has 0 unspecified atom stereocenters. The van der Waals surface area contributed by atoms with Gasteiger partial charge in [0.05, 0.1) is 5.56 Å². The van der Waals surface area contributed by atoms with Crippen molar-refractivity contribution in [2.45, 2.75) is 20.8 Å². The third-order valence-electron chi connectivity index (χ3n) is 3.27. The number of aryl methyl sites for hydroxylation is 2. The fourth-order valence-electron chi connectivity index (χ4n) is 2.24. The normalized spacial score (nSPS) is 10.7. The number of Topliss-reactive ketones (excluding diaryl/α,β-unsaturated/α-hetero) is 1. The van der Waals surface area contributed by atoms with Crippen molar-refractivity contribution in [3.05, 3.63) is 53.1 Å². The van der Waals surface area contributed by atoms with Crippen molar-refractivity contribution in [2.75, 3.05) is 0 Å². The van der Waals surface area contributed by atoms with Crippen molar-refractivity contribution in [1.82, 2.24) is 19.6 Å². The van der Waals surface area contributed by atoms with Crippen molar-refractivity contribution in [3.8, 4) is 5.75 Å². The van der Waals surface area contributed by atoms with Crippen LogP contribution in [-0.2, 0) is 0 Å².